The summed E-state index contributed by atoms with van der Waals surface area (Å²) in [5, 5.41) is 16.7. The lowest BCUT2D eigenvalue weighted by Gasteiger charge is -2.19. The number of nitrogens with zero attached hydrogens (tertiary/aromatic N) is 4. The first kappa shape index (κ1) is 35.7. The van der Waals surface area contributed by atoms with Crippen molar-refractivity contribution in [3.05, 3.63) is 77.4 Å². The molecule has 11 nitrogen and oxygen atoms in total. The van der Waals surface area contributed by atoms with Crippen molar-refractivity contribution in [1.29, 1.82) is 0 Å². The Balaban J connectivity index is 0.000000625. The van der Waals surface area contributed by atoms with E-state index in [0.29, 0.717) is 28.8 Å². The molecule has 2 heterocycles. The van der Waals surface area contributed by atoms with Crippen LogP contribution in [0.2, 0.25) is 0 Å². The third kappa shape index (κ3) is 10.1. The molecule has 1 saturated carbocycles. The summed E-state index contributed by atoms with van der Waals surface area (Å²) >= 11 is 0. The summed E-state index contributed by atoms with van der Waals surface area (Å²) < 4.78 is 5.81. The Morgan fingerprint density at radius 1 is 1.11 bits per heavy atom. The third-order valence-electron chi connectivity index (χ3n) is 7.55. The number of ether oxygens (including phenoxy) is 1. The smallest absolute Gasteiger partial charge is 0.273 e. The summed E-state index contributed by atoms with van der Waals surface area (Å²) in [5.41, 5.74) is 10.9. The number of allylic oxidation sites excluding steroid dienone is 2. The van der Waals surface area contributed by atoms with E-state index in [1.165, 1.54) is 7.05 Å². The molecule has 5 N–H and O–H groups in total. The molecule has 0 radical (unpaired) electrons. The lowest BCUT2D eigenvalue weighted by molar-refractivity contribution is -0.117. The fourth-order valence-electron chi connectivity index (χ4n) is 4.86. The predicted molar refractivity (Wildman–Crippen MR) is 185 cm³/mol. The van der Waals surface area contributed by atoms with Crippen LogP contribution in [-0.2, 0) is 11.2 Å². The average molecular weight is 629 g/mol. The van der Waals surface area contributed by atoms with Crippen molar-refractivity contribution in [1.82, 2.24) is 20.5 Å². The van der Waals surface area contributed by atoms with Crippen molar-refractivity contribution in [2.24, 2.45) is 28.5 Å². The number of pyridine rings is 1. The van der Waals surface area contributed by atoms with E-state index in [4.69, 9.17) is 10.5 Å². The number of aromatic nitrogens is 3. The van der Waals surface area contributed by atoms with Gasteiger partial charge in [-0.1, -0.05) is 39.8 Å². The molecular weight excluding hydrogens is 580 g/mol. The molecule has 1 aliphatic carbocycles. The summed E-state index contributed by atoms with van der Waals surface area (Å²) in [5.74, 6) is 1.04. The average Bonchev–Trinajstić information content (AvgIpc) is 3.92. The molecule has 246 valence electrons. The van der Waals surface area contributed by atoms with Gasteiger partial charge in [-0.25, -0.2) is 0 Å². The predicted octanol–water partition coefficient (Wildman–Crippen LogP) is 5.91. The molecule has 0 spiro atoms. The van der Waals surface area contributed by atoms with Crippen molar-refractivity contribution >= 4 is 34.7 Å². The van der Waals surface area contributed by atoms with Crippen LogP contribution in [0.15, 0.2) is 65.4 Å². The van der Waals surface area contributed by atoms with Crippen LogP contribution in [0.5, 0.6) is 5.75 Å². The molecule has 1 fully saturated rings. The second-order valence-corrected chi connectivity index (χ2v) is 11.5. The van der Waals surface area contributed by atoms with Crippen LogP contribution in [0.3, 0.4) is 0 Å². The van der Waals surface area contributed by atoms with E-state index in [-0.39, 0.29) is 29.3 Å². The number of aliphatic imine (C=N–C) groups is 1. The minimum Gasteiger partial charge on any atom is -0.494 e. The number of aryl methyl sites for hydroxylation is 1. The number of rotatable bonds is 13. The van der Waals surface area contributed by atoms with E-state index in [0.717, 1.165) is 49.1 Å². The van der Waals surface area contributed by atoms with E-state index in [2.05, 4.69) is 63.8 Å². The number of para-hydroxylation sites is 1. The molecule has 3 aromatic rings. The highest BCUT2D eigenvalue weighted by molar-refractivity contribution is 6.12. The van der Waals surface area contributed by atoms with Crippen molar-refractivity contribution in [3.63, 3.8) is 0 Å². The summed E-state index contributed by atoms with van der Waals surface area (Å²) in [7, 11) is 4.80. The van der Waals surface area contributed by atoms with Gasteiger partial charge in [-0.3, -0.25) is 19.6 Å². The normalized spacial score (nSPS) is 13.7. The molecule has 11 heteroatoms. The number of amides is 2. The molecular formula is C35H48N8O3. The second kappa shape index (κ2) is 17.6. The summed E-state index contributed by atoms with van der Waals surface area (Å²) in [4.78, 5) is 33.4. The molecule has 0 saturated heterocycles. The fraction of sp³-hybridized carbons (Fsp3) is 0.429. The molecule has 2 aromatic heterocycles. The van der Waals surface area contributed by atoms with Crippen LogP contribution in [0.1, 0.15) is 75.1 Å². The number of carbonyl (C=O) groups excluding carboxylic acids is 2. The van der Waals surface area contributed by atoms with Crippen molar-refractivity contribution < 1.29 is 14.3 Å². The van der Waals surface area contributed by atoms with E-state index in [9.17, 15) is 9.59 Å². The zero-order chi connectivity index (χ0) is 33.6. The van der Waals surface area contributed by atoms with Gasteiger partial charge in [-0.2, -0.15) is 0 Å². The lowest BCUT2D eigenvalue weighted by Crippen LogP contribution is -2.22. The Hall–Kier alpha value is -4.80. The maximum atomic E-state index is 12.5. The highest BCUT2D eigenvalue weighted by Crippen LogP contribution is 2.34. The standard InChI is InChI=1S/C28H39N7O3.C7H9N/c1-7-17(13-16(2)3)20(29)14-22(30-4)19-9-8-10-21(26(19)38-6)32-23-15-24(33-27(36)18-11-12-18)34-35-25(23)28(37)31-5;1-2-7-5-3-4-6-8-7/h8-10,14-18H,7,11-13,29H2,1-6H3,(H,31,37)(H2,32,33,34,36);3-6H,2H2,1H3/b20-14-,30-22?;. The minimum atomic E-state index is -0.419. The number of carbonyl (C=O) groups is 2. The SMILES string of the molecule is CCC(CC(C)C)/C(N)=C/C(=NC)c1cccc(Nc2cc(NC(=O)C3CC3)nnc2C(=O)NC)c1OC.CCc1ccccn1. The van der Waals surface area contributed by atoms with Crippen molar-refractivity contribution in [3.8, 4) is 5.75 Å². The van der Waals surface area contributed by atoms with E-state index in [1.807, 2.05) is 48.7 Å². The quantitative estimate of drug-likeness (QED) is 0.170. The first-order chi connectivity index (χ1) is 22.1. The number of benzene rings is 1. The molecule has 1 atom stereocenters. The van der Waals surface area contributed by atoms with E-state index >= 15 is 0 Å². The summed E-state index contributed by atoms with van der Waals surface area (Å²) in [6.45, 7) is 8.61. The Bertz CT molecular complexity index is 1520. The Morgan fingerprint density at radius 3 is 2.41 bits per heavy atom. The van der Waals surface area contributed by atoms with Gasteiger partial charge in [-0.05, 0) is 74.3 Å². The van der Waals surface area contributed by atoms with Gasteiger partial charge >= 0.3 is 0 Å². The van der Waals surface area contributed by atoms with Crippen LogP contribution in [0.4, 0.5) is 17.2 Å². The van der Waals surface area contributed by atoms with Gasteiger partial charge in [0.1, 0.15) is 0 Å². The van der Waals surface area contributed by atoms with Gasteiger partial charge in [-0.15, -0.1) is 10.2 Å². The molecule has 0 bridgehead atoms. The molecule has 1 aliphatic rings. The van der Waals surface area contributed by atoms with Crippen LogP contribution in [0, 0.1) is 17.8 Å². The number of nitrogens with one attached hydrogen (secondary N) is 3. The van der Waals surface area contributed by atoms with Gasteiger partial charge in [0, 0.05) is 49.2 Å². The number of anilines is 3. The number of hydrogen-bond acceptors (Lipinski definition) is 9. The van der Waals surface area contributed by atoms with Gasteiger partial charge in [0.2, 0.25) is 5.91 Å². The topological polar surface area (TPSA) is 157 Å². The first-order valence-electron chi connectivity index (χ1n) is 15.8. The molecule has 2 amide bonds. The third-order valence-corrected chi connectivity index (χ3v) is 7.55. The molecule has 0 aliphatic heterocycles. The van der Waals surface area contributed by atoms with Crippen LogP contribution < -0.4 is 26.4 Å². The lowest BCUT2D eigenvalue weighted by atomic mass is 9.91. The van der Waals surface area contributed by atoms with Gasteiger partial charge in [0.15, 0.2) is 17.3 Å². The molecule has 1 unspecified atom stereocenters. The zero-order valence-electron chi connectivity index (χ0n) is 28.1. The Morgan fingerprint density at radius 2 is 1.87 bits per heavy atom. The Kier molecular flexibility index (Phi) is 13.7. The molecule has 4 rings (SSSR count). The maximum Gasteiger partial charge on any atom is 0.273 e. The maximum absolute atomic E-state index is 12.5. The van der Waals surface area contributed by atoms with Gasteiger partial charge in [0.25, 0.3) is 5.91 Å². The fourth-order valence-corrected chi connectivity index (χ4v) is 4.86. The largest absolute Gasteiger partial charge is 0.494 e. The van der Waals surface area contributed by atoms with Crippen LogP contribution in [-0.4, -0.2) is 53.9 Å². The number of methoxy groups -OCH3 is 1. The van der Waals surface area contributed by atoms with E-state index in [1.54, 1.807) is 20.2 Å². The first-order valence-corrected chi connectivity index (χ1v) is 15.8. The van der Waals surface area contributed by atoms with Crippen molar-refractivity contribution in [2.45, 2.75) is 59.8 Å². The molecule has 46 heavy (non-hydrogen) atoms. The zero-order valence-corrected chi connectivity index (χ0v) is 28.1. The highest BCUT2D eigenvalue weighted by atomic mass is 16.5. The second-order valence-electron chi connectivity index (χ2n) is 11.5. The summed E-state index contributed by atoms with van der Waals surface area (Å²) in [6, 6.07) is 13.2. The monoisotopic (exact) mass is 628 g/mol. The van der Waals surface area contributed by atoms with Gasteiger partial charge in [0.05, 0.1) is 24.2 Å². The molecule has 1 aromatic carbocycles. The summed E-state index contributed by atoms with van der Waals surface area (Å²) in [6.07, 6.45) is 8.41. The van der Waals surface area contributed by atoms with E-state index < -0.39 is 5.91 Å². The van der Waals surface area contributed by atoms with Gasteiger partial charge < -0.3 is 26.4 Å². The number of hydrogen-bond donors (Lipinski definition) is 4. The minimum absolute atomic E-state index is 0.00342. The highest BCUT2D eigenvalue weighted by Gasteiger charge is 2.30. The van der Waals surface area contributed by atoms with Crippen molar-refractivity contribution in [2.75, 3.05) is 31.8 Å². The van der Waals surface area contributed by atoms with Crippen LogP contribution >= 0.6 is 0 Å². The Labute approximate surface area is 272 Å². The van der Waals surface area contributed by atoms with Crippen LogP contribution in [0.25, 0.3) is 0 Å². The number of nitrogens with two attached hydrogens (primary N) is 1.